The van der Waals surface area contributed by atoms with Gasteiger partial charge in [0, 0.05) is 31.2 Å². The van der Waals surface area contributed by atoms with E-state index in [-0.39, 0.29) is 4.90 Å². The summed E-state index contributed by atoms with van der Waals surface area (Å²) in [5, 5.41) is 3.80. The number of nitrogens with zero attached hydrogens (tertiary/aromatic N) is 1. The number of piperazine rings is 1. The molecule has 0 aromatic heterocycles. The zero-order chi connectivity index (χ0) is 18.7. The Kier molecular flexibility index (Phi) is 5.60. The quantitative estimate of drug-likeness (QED) is 0.814. The number of ether oxygens (including phenoxy) is 1. The average Bonchev–Trinajstić information content (AvgIpc) is 2.65. The summed E-state index contributed by atoms with van der Waals surface area (Å²) >= 11 is 6.09. The van der Waals surface area contributed by atoms with Gasteiger partial charge in [0.05, 0.1) is 23.4 Å². The summed E-state index contributed by atoms with van der Waals surface area (Å²) in [6.45, 7) is 5.06. The molecule has 2 aromatic carbocycles. The summed E-state index contributed by atoms with van der Waals surface area (Å²) in [6.07, 6.45) is 0. The molecule has 6 nitrogen and oxygen atoms in total. The maximum Gasteiger partial charge on any atom is 0.261 e. The Balaban J connectivity index is 1.95. The lowest BCUT2D eigenvalue weighted by molar-refractivity contribution is 0.412. The molecule has 3 rings (SSSR count). The van der Waals surface area contributed by atoms with Crippen molar-refractivity contribution in [2.75, 3.05) is 42.9 Å². The van der Waals surface area contributed by atoms with E-state index >= 15 is 0 Å². The van der Waals surface area contributed by atoms with Crippen LogP contribution in [0.25, 0.3) is 0 Å². The molecule has 1 saturated heterocycles. The fraction of sp³-hybridized carbons (Fsp3) is 0.333. The van der Waals surface area contributed by atoms with Crippen LogP contribution < -0.4 is 19.7 Å². The van der Waals surface area contributed by atoms with Gasteiger partial charge in [-0.1, -0.05) is 17.7 Å². The zero-order valence-corrected chi connectivity index (χ0v) is 16.3. The van der Waals surface area contributed by atoms with Crippen molar-refractivity contribution in [2.45, 2.75) is 11.8 Å². The van der Waals surface area contributed by atoms with Crippen LogP contribution in [0.3, 0.4) is 0 Å². The van der Waals surface area contributed by atoms with Crippen LogP contribution in [0.1, 0.15) is 5.56 Å². The van der Waals surface area contributed by atoms with Gasteiger partial charge in [-0.15, -0.1) is 0 Å². The first-order valence-electron chi connectivity index (χ1n) is 8.34. The summed E-state index contributed by atoms with van der Waals surface area (Å²) in [7, 11) is -2.16. The minimum atomic E-state index is -3.75. The van der Waals surface area contributed by atoms with Crippen LogP contribution in [0.2, 0.25) is 5.02 Å². The number of halogens is 1. The first-order chi connectivity index (χ1) is 12.4. The number of rotatable bonds is 5. The average molecular weight is 396 g/mol. The molecule has 2 N–H and O–H groups in total. The molecule has 0 radical (unpaired) electrons. The predicted molar refractivity (Wildman–Crippen MR) is 105 cm³/mol. The SMILES string of the molecule is COc1ccc(S(=O)(=O)Nc2cccc(Cl)c2C)cc1N1CCNCC1. The third-order valence-corrected chi connectivity index (χ3v) is 6.20. The molecular weight excluding hydrogens is 374 g/mol. The van der Waals surface area contributed by atoms with Crippen molar-refractivity contribution in [2.24, 2.45) is 0 Å². The van der Waals surface area contributed by atoms with Crippen molar-refractivity contribution in [3.8, 4) is 5.75 Å². The van der Waals surface area contributed by atoms with Gasteiger partial charge in [-0.2, -0.15) is 0 Å². The van der Waals surface area contributed by atoms with Crippen molar-refractivity contribution in [3.05, 3.63) is 47.0 Å². The highest BCUT2D eigenvalue weighted by atomic mass is 35.5. The van der Waals surface area contributed by atoms with Crippen LogP contribution in [-0.4, -0.2) is 41.7 Å². The Morgan fingerprint density at radius 2 is 1.92 bits per heavy atom. The second kappa shape index (κ2) is 7.73. The lowest BCUT2D eigenvalue weighted by Crippen LogP contribution is -2.43. The molecule has 0 unspecified atom stereocenters. The molecule has 0 saturated carbocycles. The molecule has 1 aliphatic heterocycles. The van der Waals surface area contributed by atoms with Gasteiger partial charge in [-0.3, -0.25) is 4.72 Å². The molecule has 0 amide bonds. The largest absolute Gasteiger partial charge is 0.495 e. The highest BCUT2D eigenvalue weighted by Gasteiger charge is 2.21. The van der Waals surface area contributed by atoms with Crippen molar-refractivity contribution in [1.82, 2.24) is 5.32 Å². The molecule has 8 heteroatoms. The lowest BCUT2D eigenvalue weighted by atomic mass is 10.2. The van der Waals surface area contributed by atoms with Gasteiger partial charge in [0.25, 0.3) is 10.0 Å². The first-order valence-corrected chi connectivity index (χ1v) is 10.2. The number of benzene rings is 2. The van der Waals surface area contributed by atoms with E-state index in [2.05, 4.69) is 14.9 Å². The predicted octanol–water partition coefficient (Wildman–Crippen LogP) is 2.87. The first kappa shape index (κ1) is 18.8. The Morgan fingerprint density at radius 3 is 2.62 bits per heavy atom. The smallest absolute Gasteiger partial charge is 0.261 e. The Bertz CT molecular complexity index is 897. The van der Waals surface area contributed by atoms with Crippen molar-refractivity contribution >= 4 is 33.0 Å². The summed E-state index contributed by atoms with van der Waals surface area (Å²) in [6, 6.07) is 10.0. The highest BCUT2D eigenvalue weighted by molar-refractivity contribution is 7.92. The standard InChI is InChI=1S/C18H22ClN3O3S/c1-13-15(19)4-3-5-16(13)21-26(23,24)14-6-7-18(25-2)17(12-14)22-10-8-20-9-11-22/h3-7,12,20-21H,8-11H2,1-2H3. The van der Waals surface area contributed by atoms with Crippen molar-refractivity contribution in [3.63, 3.8) is 0 Å². The lowest BCUT2D eigenvalue weighted by Gasteiger charge is -2.30. The highest BCUT2D eigenvalue weighted by Crippen LogP contribution is 2.32. The number of sulfonamides is 1. The maximum atomic E-state index is 12.9. The molecule has 0 spiro atoms. The van der Waals surface area contributed by atoms with Crippen molar-refractivity contribution in [1.29, 1.82) is 0 Å². The van der Waals surface area contributed by atoms with Crippen LogP contribution in [0.4, 0.5) is 11.4 Å². The Hall–Kier alpha value is -1.96. The summed E-state index contributed by atoms with van der Waals surface area (Å²) < 4.78 is 33.8. The van der Waals surface area contributed by atoms with Crippen LogP contribution in [0.15, 0.2) is 41.3 Å². The van der Waals surface area contributed by atoms with Gasteiger partial charge in [0.15, 0.2) is 0 Å². The third kappa shape index (κ3) is 3.90. The molecule has 0 aliphatic carbocycles. The minimum Gasteiger partial charge on any atom is -0.495 e. The Morgan fingerprint density at radius 1 is 1.19 bits per heavy atom. The summed E-state index contributed by atoms with van der Waals surface area (Å²) in [5.41, 5.74) is 1.94. The van der Waals surface area contributed by atoms with E-state index in [1.807, 2.05) is 0 Å². The molecular formula is C18H22ClN3O3S. The van der Waals surface area contributed by atoms with Gasteiger partial charge < -0.3 is 15.0 Å². The molecule has 0 atom stereocenters. The minimum absolute atomic E-state index is 0.186. The number of hydrogen-bond acceptors (Lipinski definition) is 5. The number of hydrogen-bond donors (Lipinski definition) is 2. The van der Waals surface area contributed by atoms with Gasteiger partial charge >= 0.3 is 0 Å². The number of nitrogens with one attached hydrogen (secondary N) is 2. The second-order valence-corrected chi connectivity index (χ2v) is 8.18. The van der Waals surface area contributed by atoms with E-state index < -0.39 is 10.0 Å². The zero-order valence-electron chi connectivity index (χ0n) is 14.8. The van der Waals surface area contributed by atoms with Gasteiger partial charge in [0.2, 0.25) is 0 Å². The number of methoxy groups -OCH3 is 1. The van der Waals surface area contributed by atoms with Crippen LogP contribution in [-0.2, 0) is 10.0 Å². The second-order valence-electron chi connectivity index (χ2n) is 6.09. The molecule has 0 bridgehead atoms. The third-order valence-electron chi connectivity index (χ3n) is 4.43. The molecule has 1 fully saturated rings. The maximum absolute atomic E-state index is 12.9. The summed E-state index contributed by atoms with van der Waals surface area (Å²) in [5.74, 6) is 0.657. The summed E-state index contributed by atoms with van der Waals surface area (Å²) in [4.78, 5) is 2.31. The van der Waals surface area contributed by atoms with Gasteiger partial charge in [-0.25, -0.2) is 8.42 Å². The molecule has 2 aromatic rings. The van der Waals surface area contributed by atoms with Crippen LogP contribution >= 0.6 is 11.6 Å². The topological polar surface area (TPSA) is 70.7 Å². The Labute approximate surface area is 159 Å². The monoisotopic (exact) mass is 395 g/mol. The van der Waals surface area contributed by atoms with Gasteiger partial charge in [0.1, 0.15) is 5.75 Å². The normalized spacial score (nSPS) is 15.0. The van der Waals surface area contributed by atoms with E-state index in [0.29, 0.717) is 22.0 Å². The molecule has 140 valence electrons. The van der Waals surface area contributed by atoms with Gasteiger partial charge in [-0.05, 0) is 42.8 Å². The van der Waals surface area contributed by atoms with E-state index in [0.717, 1.165) is 31.9 Å². The molecule has 1 heterocycles. The van der Waals surface area contributed by atoms with E-state index in [4.69, 9.17) is 16.3 Å². The fourth-order valence-electron chi connectivity index (χ4n) is 2.91. The number of anilines is 2. The van der Waals surface area contributed by atoms with Crippen molar-refractivity contribution < 1.29 is 13.2 Å². The molecule has 1 aliphatic rings. The fourth-order valence-corrected chi connectivity index (χ4v) is 4.23. The van der Waals surface area contributed by atoms with E-state index in [1.54, 1.807) is 50.4 Å². The van der Waals surface area contributed by atoms with E-state index in [1.165, 1.54) is 0 Å². The molecule has 26 heavy (non-hydrogen) atoms. The van der Waals surface area contributed by atoms with Crippen LogP contribution in [0, 0.1) is 6.92 Å². The van der Waals surface area contributed by atoms with Crippen LogP contribution in [0.5, 0.6) is 5.75 Å². The van der Waals surface area contributed by atoms with E-state index in [9.17, 15) is 8.42 Å².